The Morgan fingerprint density at radius 3 is 3.06 bits per heavy atom. The topological polar surface area (TPSA) is 34.1 Å². The molecule has 0 aliphatic heterocycles. The van der Waals surface area contributed by atoms with Gasteiger partial charge in [0.2, 0.25) is 0 Å². The standard InChI is InChI=1S/C12H15ClN2OS/c1-3-9(7-16-2)14-12-15-10-5-4-8(13)6-11(10)17-12/h4-6,9H,3,7H2,1-2H3,(H,14,15). The van der Waals surface area contributed by atoms with Gasteiger partial charge >= 0.3 is 0 Å². The van der Waals surface area contributed by atoms with Crippen LogP contribution in [0.15, 0.2) is 18.2 Å². The number of fused-ring (bicyclic) bond motifs is 1. The van der Waals surface area contributed by atoms with Crippen molar-refractivity contribution < 1.29 is 4.74 Å². The van der Waals surface area contributed by atoms with E-state index in [0.717, 1.165) is 26.8 Å². The molecule has 1 unspecified atom stereocenters. The number of halogens is 1. The molecule has 1 aromatic heterocycles. The number of ether oxygens (including phenoxy) is 1. The van der Waals surface area contributed by atoms with Crippen LogP contribution in [0.1, 0.15) is 13.3 Å². The van der Waals surface area contributed by atoms with Crippen LogP contribution in [0.4, 0.5) is 5.13 Å². The quantitative estimate of drug-likeness (QED) is 0.898. The van der Waals surface area contributed by atoms with Crippen molar-refractivity contribution in [3.05, 3.63) is 23.2 Å². The summed E-state index contributed by atoms with van der Waals surface area (Å²) in [5.74, 6) is 0. The van der Waals surface area contributed by atoms with Crippen LogP contribution in [0.25, 0.3) is 10.2 Å². The van der Waals surface area contributed by atoms with Gasteiger partial charge in [-0.15, -0.1) is 0 Å². The number of rotatable bonds is 5. The molecule has 0 aliphatic carbocycles. The minimum absolute atomic E-state index is 0.302. The van der Waals surface area contributed by atoms with E-state index in [9.17, 15) is 0 Å². The Hall–Kier alpha value is -0.840. The molecule has 92 valence electrons. The summed E-state index contributed by atoms with van der Waals surface area (Å²) in [4.78, 5) is 4.52. The lowest BCUT2D eigenvalue weighted by molar-refractivity contribution is 0.184. The van der Waals surface area contributed by atoms with Crippen LogP contribution in [0.2, 0.25) is 5.02 Å². The Bertz CT molecular complexity index is 500. The molecule has 0 spiro atoms. The third-order valence-electron chi connectivity index (χ3n) is 2.54. The maximum Gasteiger partial charge on any atom is 0.184 e. The second-order valence-corrected chi connectivity index (χ2v) is 5.30. The van der Waals surface area contributed by atoms with Crippen LogP contribution in [0.5, 0.6) is 0 Å². The summed E-state index contributed by atoms with van der Waals surface area (Å²) in [6.45, 7) is 2.81. The fourth-order valence-corrected chi connectivity index (χ4v) is 2.82. The molecule has 2 aromatic rings. The zero-order chi connectivity index (χ0) is 12.3. The van der Waals surface area contributed by atoms with E-state index in [0.29, 0.717) is 12.6 Å². The van der Waals surface area contributed by atoms with E-state index in [1.807, 2.05) is 18.2 Å². The van der Waals surface area contributed by atoms with Gasteiger partial charge in [-0.1, -0.05) is 29.9 Å². The zero-order valence-corrected chi connectivity index (χ0v) is 11.4. The zero-order valence-electron chi connectivity index (χ0n) is 9.87. The van der Waals surface area contributed by atoms with Crippen LogP contribution >= 0.6 is 22.9 Å². The van der Waals surface area contributed by atoms with Gasteiger partial charge in [0.15, 0.2) is 5.13 Å². The van der Waals surface area contributed by atoms with Crippen molar-refractivity contribution in [3.8, 4) is 0 Å². The monoisotopic (exact) mass is 270 g/mol. The van der Waals surface area contributed by atoms with Gasteiger partial charge in [0.05, 0.1) is 22.9 Å². The van der Waals surface area contributed by atoms with E-state index in [-0.39, 0.29) is 0 Å². The highest BCUT2D eigenvalue weighted by Crippen LogP contribution is 2.28. The number of aromatic nitrogens is 1. The minimum Gasteiger partial charge on any atom is -0.383 e. The van der Waals surface area contributed by atoms with Crippen LogP contribution < -0.4 is 5.32 Å². The lowest BCUT2D eigenvalue weighted by Crippen LogP contribution is -2.23. The van der Waals surface area contributed by atoms with Gasteiger partial charge in [0, 0.05) is 12.1 Å². The first kappa shape index (κ1) is 12.6. The molecule has 3 nitrogen and oxygen atoms in total. The Kier molecular flexibility index (Phi) is 4.20. The lowest BCUT2D eigenvalue weighted by Gasteiger charge is -2.14. The molecule has 1 N–H and O–H groups in total. The van der Waals surface area contributed by atoms with Gasteiger partial charge in [-0.05, 0) is 24.6 Å². The number of methoxy groups -OCH3 is 1. The van der Waals surface area contributed by atoms with Crippen molar-refractivity contribution in [1.29, 1.82) is 0 Å². The molecule has 1 heterocycles. The molecule has 0 radical (unpaired) electrons. The Morgan fingerprint density at radius 1 is 1.53 bits per heavy atom. The molecule has 0 fully saturated rings. The maximum absolute atomic E-state index is 5.95. The molecule has 0 bridgehead atoms. The molecule has 0 aliphatic rings. The number of nitrogens with zero attached hydrogens (tertiary/aromatic N) is 1. The molecule has 5 heteroatoms. The molecular weight excluding hydrogens is 256 g/mol. The lowest BCUT2D eigenvalue weighted by atomic mass is 10.2. The summed E-state index contributed by atoms with van der Waals surface area (Å²) < 4.78 is 6.26. The highest BCUT2D eigenvalue weighted by molar-refractivity contribution is 7.22. The van der Waals surface area contributed by atoms with Crippen LogP contribution in [0, 0.1) is 0 Å². The number of benzene rings is 1. The van der Waals surface area contributed by atoms with Crippen molar-refractivity contribution in [2.24, 2.45) is 0 Å². The van der Waals surface area contributed by atoms with E-state index < -0.39 is 0 Å². The van der Waals surface area contributed by atoms with Crippen LogP contribution in [-0.2, 0) is 4.74 Å². The molecule has 1 aromatic carbocycles. The third kappa shape index (κ3) is 3.09. The second kappa shape index (κ2) is 5.67. The highest BCUT2D eigenvalue weighted by atomic mass is 35.5. The molecule has 2 rings (SSSR count). The molecular formula is C12H15ClN2OS. The van der Waals surface area contributed by atoms with Gasteiger partial charge in [-0.2, -0.15) is 0 Å². The van der Waals surface area contributed by atoms with E-state index in [1.165, 1.54) is 0 Å². The summed E-state index contributed by atoms with van der Waals surface area (Å²) in [5.41, 5.74) is 0.981. The van der Waals surface area contributed by atoms with Gasteiger partial charge in [-0.3, -0.25) is 0 Å². The predicted octanol–water partition coefficient (Wildman–Crippen LogP) is 3.79. The van der Waals surface area contributed by atoms with Crippen molar-refractivity contribution in [3.63, 3.8) is 0 Å². The predicted molar refractivity (Wildman–Crippen MR) is 74.2 cm³/mol. The SMILES string of the molecule is CCC(COC)Nc1nc2ccc(Cl)cc2s1. The molecule has 1 atom stereocenters. The van der Waals surface area contributed by atoms with Gasteiger partial charge < -0.3 is 10.1 Å². The number of anilines is 1. The number of hydrogen-bond donors (Lipinski definition) is 1. The first-order valence-corrected chi connectivity index (χ1v) is 6.74. The first-order chi connectivity index (χ1) is 8.22. The summed E-state index contributed by atoms with van der Waals surface area (Å²) in [6.07, 6.45) is 1.00. The Labute approximate surface area is 110 Å². The van der Waals surface area contributed by atoms with E-state index in [4.69, 9.17) is 16.3 Å². The number of nitrogens with one attached hydrogen (secondary N) is 1. The van der Waals surface area contributed by atoms with Crippen molar-refractivity contribution in [2.75, 3.05) is 19.0 Å². The van der Waals surface area contributed by atoms with Gasteiger partial charge in [0.1, 0.15) is 0 Å². The summed E-state index contributed by atoms with van der Waals surface area (Å²) in [7, 11) is 1.71. The fourth-order valence-electron chi connectivity index (χ4n) is 1.60. The maximum atomic E-state index is 5.95. The van der Waals surface area contributed by atoms with Crippen LogP contribution in [0.3, 0.4) is 0 Å². The summed E-state index contributed by atoms with van der Waals surface area (Å²) in [6, 6.07) is 6.05. The van der Waals surface area contributed by atoms with E-state index in [1.54, 1.807) is 18.4 Å². The largest absolute Gasteiger partial charge is 0.383 e. The summed E-state index contributed by atoms with van der Waals surface area (Å²) in [5, 5.41) is 5.05. The second-order valence-electron chi connectivity index (χ2n) is 3.84. The molecule has 17 heavy (non-hydrogen) atoms. The number of thiazole rings is 1. The van der Waals surface area contributed by atoms with Crippen LogP contribution in [-0.4, -0.2) is 24.7 Å². The normalized spacial score (nSPS) is 12.9. The van der Waals surface area contributed by atoms with E-state index >= 15 is 0 Å². The Balaban J connectivity index is 2.18. The third-order valence-corrected chi connectivity index (χ3v) is 3.72. The Morgan fingerprint density at radius 2 is 2.35 bits per heavy atom. The van der Waals surface area contributed by atoms with Gasteiger partial charge in [-0.25, -0.2) is 4.98 Å². The average molecular weight is 271 g/mol. The van der Waals surface area contributed by atoms with E-state index in [2.05, 4.69) is 17.2 Å². The van der Waals surface area contributed by atoms with Crippen molar-refractivity contribution in [2.45, 2.75) is 19.4 Å². The fraction of sp³-hybridized carbons (Fsp3) is 0.417. The van der Waals surface area contributed by atoms with Crippen molar-refractivity contribution in [1.82, 2.24) is 4.98 Å². The summed E-state index contributed by atoms with van der Waals surface area (Å²) >= 11 is 7.57. The molecule has 0 amide bonds. The molecule has 0 saturated carbocycles. The minimum atomic E-state index is 0.302. The van der Waals surface area contributed by atoms with Crippen molar-refractivity contribution >= 4 is 38.3 Å². The smallest absolute Gasteiger partial charge is 0.184 e. The van der Waals surface area contributed by atoms with Gasteiger partial charge in [0.25, 0.3) is 0 Å². The first-order valence-electron chi connectivity index (χ1n) is 5.54. The number of hydrogen-bond acceptors (Lipinski definition) is 4. The molecule has 0 saturated heterocycles. The average Bonchev–Trinajstić information content (AvgIpc) is 2.69. The highest BCUT2D eigenvalue weighted by Gasteiger charge is 2.09.